The molecule has 0 radical (unpaired) electrons. The fraction of sp³-hybridized carbons (Fsp3) is 0. The van der Waals surface area contributed by atoms with Gasteiger partial charge in [0.25, 0.3) is 10.1 Å². The van der Waals surface area contributed by atoms with Gasteiger partial charge in [-0.3, -0.25) is 9.55 Å². The van der Waals surface area contributed by atoms with E-state index in [0.29, 0.717) is 0 Å². The van der Waals surface area contributed by atoms with E-state index in [1.165, 1.54) is 42.6 Å². The van der Waals surface area contributed by atoms with Gasteiger partial charge in [-0.2, -0.15) is 13.5 Å². The molecular formula is C20H16ClCrKN3O7S+. The molecule has 0 bridgehead atoms. The van der Waals surface area contributed by atoms with Crippen molar-refractivity contribution >= 4 is 51.0 Å². The van der Waals surface area contributed by atoms with Gasteiger partial charge >= 0.3 is 57.4 Å². The summed E-state index contributed by atoms with van der Waals surface area (Å²) in [5.74, 6) is -1.26. The molecule has 172 valence electrons. The first-order valence-electron chi connectivity index (χ1n) is 8.53. The SMILES string of the molecule is O.O=C(O)c1ccccc1N=Cc1cc(N=Nc2cc(S(=O)(=O)O)ccc2Cl)ccc1O.[Cr].[K+]. The first-order chi connectivity index (χ1) is 14.6. The van der Waals surface area contributed by atoms with Crippen molar-refractivity contribution in [3.8, 4) is 5.75 Å². The van der Waals surface area contributed by atoms with Gasteiger partial charge in [0.05, 0.1) is 26.9 Å². The van der Waals surface area contributed by atoms with Gasteiger partial charge in [0.15, 0.2) is 0 Å². The van der Waals surface area contributed by atoms with Gasteiger partial charge in [-0.05, 0) is 48.5 Å². The normalized spacial score (nSPS) is 10.9. The summed E-state index contributed by atoms with van der Waals surface area (Å²) in [6.45, 7) is 0. The molecule has 0 aliphatic carbocycles. The number of hydrogen-bond donors (Lipinski definition) is 3. The molecule has 3 aromatic carbocycles. The zero-order chi connectivity index (χ0) is 22.6. The Morgan fingerprint density at radius 1 is 0.971 bits per heavy atom. The zero-order valence-electron chi connectivity index (χ0n) is 17.5. The maximum Gasteiger partial charge on any atom is 1.00 e. The van der Waals surface area contributed by atoms with Gasteiger partial charge in [-0.1, -0.05) is 23.7 Å². The van der Waals surface area contributed by atoms with Crippen LogP contribution in [0, 0.1) is 0 Å². The van der Waals surface area contributed by atoms with Crippen LogP contribution in [0.25, 0.3) is 0 Å². The Labute approximate surface area is 253 Å². The van der Waals surface area contributed by atoms with Crippen molar-refractivity contribution in [1.29, 1.82) is 0 Å². The van der Waals surface area contributed by atoms with E-state index in [-0.39, 0.29) is 118 Å². The summed E-state index contributed by atoms with van der Waals surface area (Å²) in [7, 11) is -4.43. The summed E-state index contributed by atoms with van der Waals surface area (Å²) >= 11 is 5.99. The van der Waals surface area contributed by atoms with Crippen molar-refractivity contribution in [2.75, 3.05) is 0 Å². The number of carboxylic acids is 1. The third-order valence-corrected chi connectivity index (χ3v) is 5.15. The molecule has 0 aliphatic rings. The molecule has 10 nitrogen and oxygen atoms in total. The number of phenolic OH excluding ortho intramolecular Hbond substituents is 1. The summed E-state index contributed by atoms with van der Waals surface area (Å²) < 4.78 is 31.7. The number of aromatic hydroxyl groups is 1. The van der Waals surface area contributed by atoms with Gasteiger partial charge < -0.3 is 15.7 Å². The Kier molecular flexibility index (Phi) is 13.6. The van der Waals surface area contributed by atoms with Crippen molar-refractivity contribution in [3.63, 3.8) is 0 Å². The van der Waals surface area contributed by atoms with E-state index in [2.05, 4.69) is 15.2 Å². The molecule has 0 spiro atoms. The number of aromatic carboxylic acids is 1. The van der Waals surface area contributed by atoms with Gasteiger partial charge in [-0.15, -0.1) is 5.11 Å². The molecule has 0 unspecified atom stereocenters. The maximum absolute atomic E-state index is 11.3. The van der Waals surface area contributed by atoms with Crippen LogP contribution in [-0.2, 0) is 27.5 Å². The summed E-state index contributed by atoms with van der Waals surface area (Å²) in [5, 5.41) is 27.2. The molecule has 5 N–H and O–H groups in total. The number of carbonyl (C=O) groups is 1. The summed E-state index contributed by atoms with van der Waals surface area (Å²) in [5.41, 5.74) is 0.738. The fourth-order valence-electron chi connectivity index (χ4n) is 2.45. The van der Waals surface area contributed by atoms with Crippen LogP contribution in [-0.4, -0.2) is 40.8 Å². The minimum atomic E-state index is -4.43. The zero-order valence-corrected chi connectivity index (χ0v) is 23.4. The quantitative estimate of drug-likeness (QED) is 0.174. The van der Waals surface area contributed by atoms with Crippen molar-refractivity contribution in [1.82, 2.24) is 0 Å². The first-order valence-corrected chi connectivity index (χ1v) is 10.3. The molecular weight excluding hydrogens is 553 g/mol. The Morgan fingerprint density at radius 3 is 2.29 bits per heavy atom. The number of hydrogen-bond acceptors (Lipinski definition) is 7. The molecule has 0 aromatic heterocycles. The number of halogens is 1. The van der Waals surface area contributed by atoms with Gasteiger partial charge in [-0.25, -0.2) is 4.79 Å². The maximum atomic E-state index is 11.3. The smallest absolute Gasteiger partial charge is 0.507 e. The number of phenols is 1. The van der Waals surface area contributed by atoms with Crippen molar-refractivity contribution < 1.29 is 102 Å². The first kappa shape index (κ1) is 32.5. The molecule has 34 heavy (non-hydrogen) atoms. The summed E-state index contributed by atoms with van der Waals surface area (Å²) in [6.07, 6.45) is 1.28. The van der Waals surface area contributed by atoms with E-state index in [1.54, 1.807) is 12.1 Å². The van der Waals surface area contributed by atoms with Gasteiger partial charge in [0.1, 0.15) is 11.4 Å². The van der Waals surface area contributed by atoms with Crippen LogP contribution in [0.1, 0.15) is 15.9 Å². The second-order valence-corrected chi connectivity index (χ2v) is 7.94. The van der Waals surface area contributed by atoms with Crippen LogP contribution >= 0.6 is 11.6 Å². The monoisotopic (exact) mass is 568 g/mol. The number of rotatable bonds is 6. The largest absolute Gasteiger partial charge is 1.00 e. The van der Waals surface area contributed by atoms with Crippen molar-refractivity contribution in [2.45, 2.75) is 4.90 Å². The molecule has 0 saturated heterocycles. The topological polar surface area (TPSA) is 180 Å². The van der Waals surface area contributed by atoms with Crippen LogP contribution in [0.4, 0.5) is 17.1 Å². The minimum absolute atomic E-state index is 0. The number of nitrogens with zero attached hydrogens (tertiary/aromatic N) is 3. The van der Waals surface area contributed by atoms with Gasteiger partial charge in [0.2, 0.25) is 0 Å². The molecule has 0 fully saturated rings. The van der Waals surface area contributed by atoms with E-state index < -0.39 is 16.1 Å². The predicted molar refractivity (Wildman–Crippen MR) is 118 cm³/mol. The summed E-state index contributed by atoms with van der Waals surface area (Å²) in [6, 6.07) is 13.8. The van der Waals surface area contributed by atoms with Crippen LogP contribution in [0.2, 0.25) is 5.02 Å². The van der Waals surface area contributed by atoms with Crippen LogP contribution in [0.15, 0.2) is 80.8 Å². The molecule has 0 aliphatic heterocycles. The second kappa shape index (κ2) is 14.2. The van der Waals surface area contributed by atoms with Gasteiger partial charge in [0, 0.05) is 29.1 Å². The number of para-hydroxylation sites is 1. The second-order valence-electron chi connectivity index (χ2n) is 6.11. The van der Waals surface area contributed by atoms with E-state index in [9.17, 15) is 23.4 Å². The van der Waals surface area contributed by atoms with E-state index in [0.717, 1.165) is 12.1 Å². The minimum Gasteiger partial charge on any atom is -0.507 e. The predicted octanol–water partition coefficient (Wildman–Crippen LogP) is 1.33. The Morgan fingerprint density at radius 2 is 1.65 bits per heavy atom. The molecule has 3 rings (SSSR count). The number of azo groups is 1. The third kappa shape index (κ3) is 8.63. The molecule has 0 amide bonds. The Hall–Kier alpha value is -1.47. The van der Waals surface area contributed by atoms with Crippen LogP contribution in [0.3, 0.4) is 0 Å². The third-order valence-electron chi connectivity index (χ3n) is 3.98. The Balaban J connectivity index is 0.00000363. The van der Waals surface area contributed by atoms with Crippen LogP contribution < -0.4 is 51.4 Å². The molecule has 0 heterocycles. The van der Waals surface area contributed by atoms with E-state index in [1.807, 2.05) is 0 Å². The standard InChI is InChI=1S/C20H14ClN3O6S.Cr.K.H2O/c21-16-7-6-14(31(28,29)30)10-18(16)24-23-13-5-8-19(25)12(9-13)11-22-17-4-2-1-3-15(17)20(26)27;;;/h1-11,25H,(H,26,27)(H,28,29,30);;;1H2/q;;+1;. The number of carboxylic acid groups (broad SMARTS) is 1. The average molecular weight is 569 g/mol. The van der Waals surface area contributed by atoms with E-state index >= 15 is 0 Å². The summed E-state index contributed by atoms with van der Waals surface area (Å²) in [4.78, 5) is 15.0. The van der Waals surface area contributed by atoms with Crippen LogP contribution in [0.5, 0.6) is 5.75 Å². The number of benzene rings is 3. The Bertz CT molecular complexity index is 1340. The number of aliphatic imine (C=N–C) groups is 1. The van der Waals surface area contributed by atoms with E-state index in [4.69, 9.17) is 16.2 Å². The molecule has 0 atom stereocenters. The molecule has 14 heteroatoms. The molecule has 0 saturated carbocycles. The van der Waals surface area contributed by atoms with Crippen molar-refractivity contribution in [3.05, 3.63) is 76.8 Å². The molecule has 3 aromatic rings. The van der Waals surface area contributed by atoms with Crippen molar-refractivity contribution in [2.24, 2.45) is 15.2 Å². The average Bonchev–Trinajstić information content (AvgIpc) is 2.72. The fourth-order valence-corrected chi connectivity index (χ4v) is 3.11.